The summed E-state index contributed by atoms with van der Waals surface area (Å²) in [5.41, 5.74) is -5.67. The van der Waals surface area contributed by atoms with E-state index >= 15 is 0 Å². The van der Waals surface area contributed by atoms with Crippen LogP contribution in [0.25, 0.3) is 0 Å². The third-order valence-electron chi connectivity index (χ3n) is 3.67. The predicted molar refractivity (Wildman–Crippen MR) is 73.0 cm³/mol. The molecule has 2 amide bonds. The number of nitrogens with one attached hydrogen (secondary N) is 2. The van der Waals surface area contributed by atoms with Gasteiger partial charge in [-0.2, -0.15) is 13.2 Å². The number of carbonyl (C=O) groups is 2. The number of aliphatic carboxylic acids is 1. The lowest BCUT2D eigenvalue weighted by atomic mass is 9.73. The number of amides is 2. The number of halogens is 3. The van der Waals surface area contributed by atoms with Crippen molar-refractivity contribution in [1.29, 1.82) is 0 Å². The summed E-state index contributed by atoms with van der Waals surface area (Å²) >= 11 is -0.231. The molecule has 0 aliphatic heterocycles. The van der Waals surface area contributed by atoms with Gasteiger partial charge in [0, 0.05) is 12.3 Å². The minimum atomic E-state index is -4.33. The van der Waals surface area contributed by atoms with Crippen molar-refractivity contribution < 1.29 is 27.9 Å². The maximum absolute atomic E-state index is 11.9. The molecule has 1 fully saturated rings. The van der Waals surface area contributed by atoms with Crippen LogP contribution in [-0.2, 0) is 4.79 Å². The van der Waals surface area contributed by atoms with Crippen LogP contribution in [0.1, 0.15) is 32.6 Å². The predicted octanol–water partition coefficient (Wildman–Crippen LogP) is 2.57. The monoisotopic (exact) mass is 328 g/mol. The SMILES string of the molecule is CC1CCCCC1(NC(=O)NCCSC(F)(F)F)C(=O)O. The Morgan fingerprint density at radius 2 is 2.05 bits per heavy atom. The highest BCUT2D eigenvalue weighted by Crippen LogP contribution is 2.34. The summed E-state index contributed by atoms with van der Waals surface area (Å²) in [6.07, 6.45) is 2.62. The van der Waals surface area contributed by atoms with Crippen LogP contribution in [-0.4, -0.2) is 40.5 Å². The first-order chi connectivity index (χ1) is 9.67. The van der Waals surface area contributed by atoms with Crippen molar-refractivity contribution in [2.45, 2.75) is 43.7 Å². The molecule has 0 aromatic carbocycles. The smallest absolute Gasteiger partial charge is 0.441 e. The van der Waals surface area contributed by atoms with Crippen molar-refractivity contribution in [1.82, 2.24) is 10.6 Å². The molecule has 2 atom stereocenters. The minimum Gasteiger partial charge on any atom is -0.479 e. The first kappa shape index (κ1) is 17.9. The van der Waals surface area contributed by atoms with E-state index in [1.165, 1.54) is 0 Å². The summed E-state index contributed by atoms with van der Waals surface area (Å²) < 4.78 is 35.8. The van der Waals surface area contributed by atoms with Gasteiger partial charge in [0.25, 0.3) is 0 Å². The van der Waals surface area contributed by atoms with Crippen molar-refractivity contribution in [3.05, 3.63) is 0 Å². The molecule has 1 saturated carbocycles. The van der Waals surface area contributed by atoms with E-state index in [1.54, 1.807) is 6.92 Å². The van der Waals surface area contributed by atoms with Crippen molar-refractivity contribution in [2.75, 3.05) is 12.3 Å². The molecule has 1 aliphatic rings. The number of carboxylic acids is 1. The van der Waals surface area contributed by atoms with Crippen LogP contribution in [0.2, 0.25) is 0 Å². The van der Waals surface area contributed by atoms with Gasteiger partial charge in [0.05, 0.1) is 0 Å². The first-order valence-corrected chi connectivity index (χ1v) is 7.66. The molecule has 122 valence electrons. The topological polar surface area (TPSA) is 78.4 Å². The third-order valence-corrected chi connectivity index (χ3v) is 4.41. The number of alkyl halides is 3. The van der Waals surface area contributed by atoms with E-state index in [0.29, 0.717) is 19.3 Å². The van der Waals surface area contributed by atoms with Crippen LogP contribution in [0.4, 0.5) is 18.0 Å². The van der Waals surface area contributed by atoms with Crippen LogP contribution in [0.15, 0.2) is 0 Å². The van der Waals surface area contributed by atoms with Crippen LogP contribution < -0.4 is 10.6 Å². The Bertz CT molecular complexity index is 392. The lowest BCUT2D eigenvalue weighted by Gasteiger charge is -2.39. The Labute approximate surface area is 125 Å². The van der Waals surface area contributed by atoms with Gasteiger partial charge in [-0.1, -0.05) is 19.8 Å². The van der Waals surface area contributed by atoms with E-state index in [0.717, 1.165) is 6.42 Å². The maximum atomic E-state index is 11.9. The summed E-state index contributed by atoms with van der Waals surface area (Å²) in [7, 11) is 0. The normalized spacial score (nSPS) is 26.2. The number of rotatable bonds is 5. The van der Waals surface area contributed by atoms with Gasteiger partial charge in [0.1, 0.15) is 5.54 Å². The maximum Gasteiger partial charge on any atom is 0.441 e. The Balaban J connectivity index is 2.48. The molecular weight excluding hydrogens is 309 g/mol. The van der Waals surface area contributed by atoms with Crippen molar-refractivity contribution >= 4 is 23.8 Å². The van der Waals surface area contributed by atoms with Gasteiger partial charge in [0.2, 0.25) is 0 Å². The molecule has 2 unspecified atom stereocenters. The van der Waals surface area contributed by atoms with Gasteiger partial charge in [-0.25, -0.2) is 9.59 Å². The molecule has 9 heteroatoms. The van der Waals surface area contributed by atoms with Crippen molar-refractivity contribution in [3.63, 3.8) is 0 Å². The largest absolute Gasteiger partial charge is 0.479 e. The molecular formula is C12H19F3N2O3S. The van der Waals surface area contributed by atoms with Crippen molar-refractivity contribution in [2.24, 2.45) is 5.92 Å². The van der Waals surface area contributed by atoms with E-state index < -0.39 is 23.0 Å². The van der Waals surface area contributed by atoms with Crippen LogP contribution in [0, 0.1) is 5.92 Å². The lowest BCUT2D eigenvalue weighted by molar-refractivity contribution is -0.148. The van der Waals surface area contributed by atoms with Crippen LogP contribution >= 0.6 is 11.8 Å². The third kappa shape index (κ3) is 5.29. The molecule has 5 nitrogen and oxygen atoms in total. The molecule has 3 N–H and O–H groups in total. The summed E-state index contributed by atoms with van der Waals surface area (Å²) in [5.74, 6) is -1.64. The molecule has 0 heterocycles. The zero-order chi connectivity index (χ0) is 16.1. The van der Waals surface area contributed by atoms with Gasteiger partial charge < -0.3 is 15.7 Å². The van der Waals surface area contributed by atoms with Gasteiger partial charge in [-0.15, -0.1) is 0 Å². The Hall–Kier alpha value is -1.12. The second kappa shape index (κ2) is 7.24. The zero-order valence-corrected chi connectivity index (χ0v) is 12.4. The Morgan fingerprint density at radius 1 is 1.38 bits per heavy atom. The molecule has 0 aromatic heterocycles. The minimum absolute atomic E-state index is 0.180. The summed E-state index contributed by atoms with van der Waals surface area (Å²) in [6, 6.07) is -0.742. The first-order valence-electron chi connectivity index (χ1n) is 6.67. The molecule has 21 heavy (non-hydrogen) atoms. The fraction of sp³-hybridized carbons (Fsp3) is 0.833. The highest BCUT2D eigenvalue weighted by Gasteiger charge is 2.46. The second-order valence-corrected chi connectivity index (χ2v) is 6.26. The number of hydrogen-bond acceptors (Lipinski definition) is 3. The fourth-order valence-electron chi connectivity index (χ4n) is 2.48. The molecule has 1 rings (SSSR count). The fourth-order valence-corrected chi connectivity index (χ4v) is 2.92. The second-order valence-electron chi connectivity index (χ2n) is 5.10. The van der Waals surface area contributed by atoms with Gasteiger partial charge >= 0.3 is 17.5 Å². The Kier molecular flexibility index (Phi) is 6.18. The number of carboxylic acid groups (broad SMARTS) is 1. The lowest BCUT2D eigenvalue weighted by Crippen LogP contribution is -2.62. The summed E-state index contributed by atoms with van der Waals surface area (Å²) in [5, 5.41) is 14.1. The summed E-state index contributed by atoms with van der Waals surface area (Å²) in [4.78, 5) is 23.2. The number of urea groups is 1. The Morgan fingerprint density at radius 3 is 2.57 bits per heavy atom. The van der Waals surface area contributed by atoms with E-state index in [4.69, 9.17) is 0 Å². The zero-order valence-electron chi connectivity index (χ0n) is 11.6. The highest BCUT2D eigenvalue weighted by molar-refractivity contribution is 8.00. The molecule has 0 bridgehead atoms. The number of thioether (sulfide) groups is 1. The van der Waals surface area contributed by atoms with Crippen LogP contribution in [0.5, 0.6) is 0 Å². The van der Waals surface area contributed by atoms with E-state index in [9.17, 15) is 27.9 Å². The number of hydrogen-bond donors (Lipinski definition) is 3. The van der Waals surface area contributed by atoms with Gasteiger partial charge in [-0.05, 0) is 30.5 Å². The standard InChI is InChI=1S/C12H19F3N2O3S/c1-8-4-2-3-5-11(8,9(18)19)17-10(20)16-6-7-21-12(13,14)15/h8H,2-7H2,1H3,(H,18,19)(H2,16,17,20). The quantitative estimate of drug-likeness (QED) is 0.678. The van der Waals surface area contributed by atoms with Gasteiger partial charge in [-0.3, -0.25) is 0 Å². The molecule has 1 aliphatic carbocycles. The van der Waals surface area contributed by atoms with E-state index in [1.807, 2.05) is 0 Å². The van der Waals surface area contributed by atoms with Gasteiger partial charge in [0.15, 0.2) is 0 Å². The highest BCUT2D eigenvalue weighted by atomic mass is 32.2. The molecule has 0 aromatic rings. The number of carbonyl (C=O) groups excluding carboxylic acids is 1. The molecule has 0 spiro atoms. The average Bonchev–Trinajstić information content (AvgIpc) is 2.36. The summed E-state index contributed by atoms with van der Waals surface area (Å²) in [6.45, 7) is 1.58. The van der Waals surface area contributed by atoms with Crippen LogP contribution in [0.3, 0.4) is 0 Å². The average molecular weight is 328 g/mol. The molecule has 0 saturated heterocycles. The van der Waals surface area contributed by atoms with Crippen molar-refractivity contribution in [3.8, 4) is 0 Å². The van der Waals surface area contributed by atoms with E-state index in [-0.39, 0.29) is 30.0 Å². The van der Waals surface area contributed by atoms with E-state index in [2.05, 4.69) is 10.6 Å². The molecule has 0 radical (unpaired) electrons.